The van der Waals surface area contributed by atoms with Crippen molar-refractivity contribution in [3.05, 3.63) is 147 Å². The van der Waals surface area contributed by atoms with E-state index in [0.717, 1.165) is 55.6 Å². The molecular formula is C49H59N11O5. The van der Waals surface area contributed by atoms with E-state index < -0.39 is 28.7 Å². The van der Waals surface area contributed by atoms with Gasteiger partial charge in [0.2, 0.25) is 17.7 Å². The molecule has 1 aromatic heterocycles. The van der Waals surface area contributed by atoms with Crippen LogP contribution >= 0.6 is 0 Å². The molecular weight excluding hydrogens is 823 g/mol. The smallest absolute Gasteiger partial charge is 0.352 e. The molecule has 1 unspecified atom stereocenters. The van der Waals surface area contributed by atoms with Gasteiger partial charge in [0.25, 0.3) is 0 Å². The first-order valence-electron chi connectivity index (χ1n) is 22.7. The van der Waals surface area contributed by atoms with E-state index in [1.54, 1.807) is 48.5 Å². The molecule has 2 atom stereocenters. The second-order valence-corrected chi connectivity index (χ2v) is 17.4. The number of fused-ring (bicyclic) bond motifs is 2. The highest BCUT2D eigenvalue weighted by atomic mass is 16.2. The topological polar surface area (TPSA) is 207 Å². The van der Waals surface area contributed by atoms with Gasteiger partial charge < -0.3 is 32.3 Å². The first-order chi connectivity index (χ1) is 31.6. The van der Waals surface area contributed by atoms with E-state index >= 15 is 0 Å². The van der Waals surface area contributed by atoms with Gasteiger partial charge in [-0.15, -0.1) is 0 Å². The number of carbonyl (C=O) groups excluding carboxylic acids is 3. The summed E-state index contributed by atoms with van der Waals surface area (Å²) in [6.45, 7) is 3.48. The van der Waals surface area contributed by atoms with Crippen molar-refractivity contribution in [2.75, 3.05) is 44.6 Å². The second-order valence-electron chi connectivity index (χ2n) is 17.4. The fraction of sp³-hybridized carbons (Fsp3) is 0.388. The number of amides is 3. The Hall–Kier alpha value is -6.94. The number of rotatable bonds is 16. The molecule has 0 bridgehead atoms. The largest absolute Gasteiger partial charge is 0.381 e. The number of guanidine groups is 1. The van der Waals surface area contributed by atoms with Gasteiger partial charge in [0.05, 0.1) is 17.4 Å². The summed E-state index contributed by atoms with van der Waals surface area (Å²) in [5.41, 5.74) is 15.4. The molecule has 1 aliphatic carbocycles. The van der Waals surface area contributed by atoms with Crippen LogP contribution in [0.5, 0.6) is 0 Å². The van der Waals surface area contributed by atoms with E-state index in [1.807, 2.05) is 17.0 Å². The van der Waals surface area contributed by atoms with Crippen LogP contribution in [0.25, 0.3) is 11.4 Å². The van der Waals surface area contributed by atoms with E-state index in [9.17, 15) is 24.0 Å². The lowest BCUT2D eigenvalue weighted by Gasteiger charge is -2.41. The zero-order valence-electron chi connectivity index (χ0n) is 36.7. The number of benzene rings is 4. The molecule has 4 aromatic carbocycles. The van der Waals surface area contributed by atoms with E-state index in [-0.39, 0.29) is 62.7 Å². The maximum absolute atomic E-state index is 14.1. The van der Waals surface area contributed by atoms with Crippen molar-refractivity contribution in [2.45, 2.75) is 76.5 Å². The number of para-hydroxylation sites is 3. The third-order valence-electron chi connectivity index (χ3n) is 13.1. The van der Waals surface area contributed by atoms with Gasteiger partial charge in [-0.2, -0.15) is 9.36 Å². The minimum absolute atomic E-state index is 0.0514. The van der Waals surface area contributed by atoms with Crippen LogP contribution in [0.4, 0.5) is 5.69 Å². The summed E-state index contributed by atoms with van der Waals surface area (Å²) in [4.78, 5) is 78.0. The zero-order chi connectivity index (χ0) is 45.3. The van der Waals surface area contributed by atoms with Crippen LogP contribution in [0.2, 0.25) is 0 Å². The normalized spacial score (nSPS) is 17.2. The van der Waals surface area contributed by atoms with Crippen LogP contribution in [0, 0.1) is 5.41 Å². The molecule has 340 valence electrons. The Morgan fingerprint density at radius 3 is 2.00 bits per heavy atom. The van der Waals surface area contributed by atoms with Crippen LogP contribution in [0.15, 0.2) is 124 Å². The number of hydrogen-bond donors (Lipinski definition) is 5. The van der Waals surface area contributed by atoms with Crippen LogP contribution in [0.3, 0.4) is 0 Å². The molecule has 16 nitrogen and oxygen atoms in total. The van der Waals surface area contributed by atoms with Gasteiger partial charge in [0.15, 0.2) is 5.96 Å². The number of nitrogens with one attached hydrogen (secondary N) is 3. The van der Waals surface area contributed by atoms with Gasteiger partial charge in [0.1, 0.15) is 6.04 Å². The Labute approximate surface area is 378 Å². The van der Waals surface area contributed by atoms with Crippen LogP contribution in [-0.4, -0.2) is 92.7 Å². The van der Waals surface area contributed by atoms with Gasteiger partial charge in [-0.1, -0.05) is 91.7 Å². The molecule has 1 saturated heterocycles. The molecule has 1 saturated carbocycles. The van der Waals surface area contributed by atoms with Gasteiger partial charge in [0, 0.05) is 70.9 Å². The van der Waals surface area contributed by atoms with Gasteiger partial charge in [-0.25, -0.2) is 14.2 Å². The number of aromatic nitrogens is 3. The first kappa shape index (κ1) is 44.7. The minimum Gasteiger partial charge on any atom is -0.381 e. The quantitative estimate of drug-likeness (QED) is 0.0557. The van der Waals surface area contributed by atoms with E-state index in [2.05, 4.69) is 74.4 Å². The van der Waals surface area contributed by atoms with Crippen molar-refractivity contribution >= 4 is 29.4 Å². The Kier molecular flexibility index (Phi) is 13.9. The van der Waals surface area contributed by atoms with Crippen molar-refractivity contribution in [1.29, 1.82) is 0 Å². The number of anilines is 1. The monoisotopic (exact) mass is 881 g/mol. The Morgan fingerprint density at radius 1 is 0.754 bits per heavy atom. The first-order valence-corrected chi connectivity index (χ1v) is 22.7. The highest BCUT2D eigenvalue weighted by Gasteiger charge is 2.41. The predicted octanol–water partition coefficient (Wildman–Crippen LogP) is 3.64. The molecule has 3 heterocycles. The van der Waals surface area contributed by atoms with E-state index in [1.165, 1.54) is 26.1 Å². The van der Waals surface area contributed by atoms with Crippen LogP contribution in [-0.2, 0) is 27.5 Å². The van der Waals surface area contributed by atoms with Gasteiger partial charge in [-0.3, -0.25) is 24.3 Å². The lowest BCUT2D eigenvalue weighted by molar-refractivity contribution is -0.137. The minimum atomic E-state index is -0.944. The molecule has 8 rings (SSSR count). The summed E-state index contributed by atoms with van der Waals surface area (Å²) in [6.07, 6.45) is 4.34. The summed E-state index contributed by atoms with van der Waals surface area (Å²) in [5, 5.41) is 9.43. The van der Waals surface area contributed by atoms with Crippen molar-refractivity contribution in [3.8, 4) is 11.4 Å². The molecule has 3 aliphatic rings. The lowest BCUT2D eigenvalue weighted by Crippen LogP contribution is -2.51. The third kappa shape index (κ3) is 10.2. The summed E-state index contributed by atoms with van der Waals surface area (Å²) in [5.74, 6) is -0.800. The second kappa shape index (κ2) is 20.3. The standard InChI is InChI=1S/C49H59N11O5/c50-46(51)53-25-13-22-41(45(63)52-26-27-58-47(64)59(36-15-3-1-4-16-36)60(48(58)65)37-17-5-2-6-18-37)55-42(61)32-49(23-11-12-24-49)33-43(62)56-28-30-57(31-29-56)44-38-19-8-7-14-35(38)34-54-40-21-10-9-20-39(40)44/h1-10,14-21,41,44,54H,11-13,22-34H2,(H,52,63)(H,55,61)(H4,50,51,53)/t41-,44?/m0/s1. The highest BCUT2D eigenvalue weighted by Crippen LogP contribution is 2.45. The van der Waals surface area contributed by atoms with E-state index in [4.69, 9.17) is 11.5 Å². The maximum atomic E-state index is 14.1. The van der Waals surface area contributed by atoms with Crippen molar-refractivity contribution in [1.82, 2.24) is 34.4 Å². The summed E-state index contributed by atoms with van der Waals surface area (Å²) < 4.78 is 3.70. The average Bonchev–Trinajstić information content (AvgIpc) is 3.82. The van der Waals surface area contributed by atoms with Gasteiger partial charge in [-0.05, 0) is 78.1 Å². The Bertz CT molecular complexity index is 2490. The number of aliphatic imine (C=N–C) groups is 1. The highest BCUT2D eigenvalue weighted by molar-refractivity contribution is 5.88. The number of piperazine rings is 1. The fourth-order valence-corrected chi connectivity index (χ4v) is 9.85. The van der Waals surface area contributed by atoms with Crippen molar-refractivity contribution < 1.29 is 14.4 Å². The van der Waals surface area contributed by atoms with E-state index in [0.29, 0.717) is 30.9 Å². The Morgan fingerprint density at radius 2 is 1.35 bits per heavy atom. The summed E-state index contributed by atoms with van der Waals surface area (Å²) in [7, 11) is 0. The van der Waals surface area contributed by atoms with Crippen molar-refractivity contribution in [2.24, 2.45) is 21.9 Å². The molecule has 2 aliphatic heterocycles. The molecule has 7 N–H and O–H groups in total. The fourth-order valence-electron chi connectivity index (χ4n) is 9.85. The van der Waals surface area contributed by atoms with Crippen LogP contribution < -0.4 is 38.8 Å². The molecule has 65 heavy (non-hydrogen) atoms. The van der Waals surface area contributed by atoms with Gasteiger partial charge >= 0.3 is 11.4 Å². The molecule has 16 heteroatoms. The third-order valence-corrected chi connectivity index (χ3v) is 13.1. The summed E-state index contributed by atoms with van der Waals surface area (Å²) in [6, 6.07) is 33.9. The summed E-state index contributed by atoms with van der Waals surface area (Å²) >= 11 is 0. The number of nitrogens with zero attached hydrogens (tertiary/aromatic N) is 6. The SMILES string of the molecule is NC(N)=NCCC[C@H](NC(=O)CC1(CC(=O)N2CCN(C3c4ccccc4CNc4ccccc43)CC2)CCCC1)C(=O)NCCn1c(=O)n(-c2ccccc2)n(-c2ccccc2)c1=O. The molecule has 0 radical (unpaired) electrons. The molecule has 2 fully saturated rings. The average molecular weight is 882 g/mol. The maximum Gasteiger partial charge on any atom is 0.352 e. The predicted molar refractivity (Wildman–Crippen MR) is 251 cm³/mol. The van der Waals surface area contributed by atoms with Crippen LogP contribution in [0.1, 0.15) is 74.1 Å². The molecule has 0 spiro atoms. The van der Waals surface area contributed by atoms with Crippen molar-refractivity contribution in [3.63, 3.8) is 0 Å². The molecule has 5 aromatic rings. The zero-order valence-corrected chi connectivity index (χ0v) is 36.7. The number of carbonyl (C=O) groups is 3. The number of nitrogens with two attached hydrogens (primary N) is 2. The Balaban J connectivity index is 0.910. The number of hydrogen-bond acceptors (Lipinski definition) is 8. The molecule has 3 amide bonds. The lowest BCUT2D eigenvalue weighted by atomic mass is 9.78.